The summed E-state index contributed by atoms with van der Waals surface area (Å²) in [6.07, 6.45) is -0.935. The Morgan fingerprint density at radius 1 is 1.29 bits per heavy atom. The van der Waals surface area contributed by atoms with Gasteiger partial charge >= 0.3 is 6.03 Å². The van der Waals surface area contributed by atoms with Crippen LogP contribution in [0.2, 0.25) is 0 Å². The van der Waals surface area contributed by atoms with E-state index in [0.717, 1.165) is 10.5 Å². The van der Waals surface area contributed by atoms with Gasteiger partial charge in [0.05, 0.1) is 6.54 Å². The lowest BCUT2D eigenvalue weighted by Crippen LogP contribution is -2.42. The number of aliphatic hydroxyl groups excluding tert-OH is 1. The largest absolute Gasteiger partial charge is 0.491 e. The highest BCUT2D eigenvalue weighted by Crippen LogP contribution is 2.17. The van der Waals surface area contributed by atoms with E-state index in [0.29, 0.717) is 5.75 Å². The number of carbonyl (C=O) groups is 2. The second-order valence-electron chi connectivity index (χ2n) is 5.75. The fourth-order valence-corrected chi connectivity index (χ4v) is 2.07. The number of hydrogen-bond acceptors (Lipinski definition) is 4. The number of ether oxygens (including phenoxy) is 1. The predicted molar refractivity (Wildman–Crippen MR) is 77.0 cm³/mol. The Kier molecular flexibility index (Phi) is 4.18. The van der Waals surface area contributed by atoms with E-state index in [9.17, 15) is 14.7 Å². The molecule has 0 aromatic heterocycles. The number of benzene rings is 1. The van der Waals surface area contributed by atoms with Crippen LogP contribution in [0.25, 0.3) is 0 Å². The van der Waals surface area contributed by atoms with Gasteiger partial charge in [0.1, 0.15) is 24.0 Å². The summed E-state index contributed by atoms with van der Waals surface area (Å²) >= 11 is 0. The second-order valence-corrected chi connectivity index (χ2v) is 5.75. The first kappa shape index (κ1) is 15.3. The number of aliphatic hydroxyl groups is 1. The maximum absolute atomic E-state index is 12.0. The molecule has 0 radical (unpaired) electrons. The molecule has 1 heterocycles. The van der Waals surface area contributed by atoms with Crippen molar-refractivity contribution in [3.05, 3.63) is 29.8 Å². The highest BCUT2D eigenvalue weighted by atomic mass is 16.5. The van der Waals surface area contributed by atoms with Crippen molar-refractivity contribution in [2.45, 2.75) is 32.4 Å². The highest BCUT2D eigenvalue weighted by Gasteiger charge is 2.44. The lowest BCUT2D eigenvalue weighted by atomic mass is 10.1. The number of carbonyl (C=O) groups excluding carboxylic acids is 2. The van der Waals surface area contributed by atoms with Crippen molar-refractivity contribution < 1.29 is 19.4 Å². The minimum Gasteiger partial charge on any atom is -0.491 e. The zero-order valence-corrected chi connectivity index (χ0v) is 12.4. The van der Waals surface area contributed by atoms with Crippen LogP contribution in [0.15, 0.2) is 24.3 Å². The van der Waals surface area contributed by atoms with E-state index in [2.05, 4.69) is 5.32 Å². The molecule has 0 bridgehead atoms. The lowest BCUT2D eigenvalue weighted by molar-refractivity contribution is -0.131. The van der Waals surface area contributed by atoms with Gasteiger partial charge in [-0.15, -0.1) is 0 Å². The molecule has 6 heteroatoms. The molecule has 0 unspecified atom stereocenters. The Hall–Kier alpha value is -2.08. The van der Waals surface area contributed by atoms with E-state index in [1.54, 1.807) is 26.0 Å². The van der Waals surface area contributed by atoms with E-state index in [1.165, 1.54) is 0 Å². The summed E-state index contributed by atoms with van der Waals surface area (Å²) in [6, 6.07) is 6.93. The normalized spacial score (nSPS) is 18.6. The number of rotatable bonds is 5. The molecule has 114 valence electrons. The van der Waals surface area contributed by atoms with Crippen molar-refractivity contribution in [3.8, 4) is 5.75 Å². The van der Waals surface area contributed by atoms with Crippen LogP contribution in [-0.2, 0) is 4.79 Å². The molecule has 2 rings (SSSR count). The Balaban J connectivity index is 1.87. The van der Waals surface area contributed by atoms with E-state index in [-0.39, 0.29) is 19.1 Å². The van der Waals surface area contributed by atoms with Crippen molar-refractivity contribution in [2.75, 3.05) is 13.2 Å². The number of β-amino-alcohol motifs (C(OH)–C–C–N with tert-alkyl or cyclic N) is 1. The van der Waals surface area contributed by atoms with Gasteiger partial charge in [-0.2, -0.15) is 0 Å². The van der Waals surface area contributed by atoms with Crippen LogP contribution in [0.5, 0.6) is 5.75 Å². The van der Waals surface area contributed by atoms with Crippen LogP contribution in [0.3, 0.4) is 0 Å². The van der Waals surface area contributed by atoms with Gasteiger partial charge in [0.15, 0.2) is 0 Å². The quantitative estimate of drug-likeness (QED) is 0.796. The maximum Gasteiger partial charge on any atom is 0.325 e. The SMILES string of the molecule is Cc1ccc(OC[C@@H](O)CN2C(=O)NC(C)(C)C2=O)cc1. The number of hydrogen-bond donors (Lipinski definition) is 2. The van der Waals surface area contributed by atoms with Gasteiger partial charge in [-0.3, -0.25) is 9.69 Å². The number of nitrogens with one attached hydrogen (secondary N) is 1. The van der Waals surface area contributed by atoms with Crippen molar-refractivity contribution in [1.29, 1.82) is 0 Å². The minimum atomic E-state index is -0.935. The summed E-state index contributed by atoms with van der Waals surface area (Å²) in [6.45, 7) is 5.16. The van der Waals surface area contributed by atoms with Gasteiger partial charge < -0.3 is 15.2 Å². The fraction of sp³-hybridized carbons (Fsp3) is 0.467. The smallest absolute Gasteiger partial charge is 0.325 e. The summed E-state index contributed by atoms with van der Waals surface area (Å²) in [5.74, 6) is 0.291. The first-order valence-electron chi connectivity index (χ1n) is 6.81. The maximum atomic E-state index is 12.0. The van der Waals surface area contributed by atoms with Crippen LogP contribution in [0, 0.1) is 6.92 Å². The van der Waals surface area contributed by atoms with E-state index < -0.39 is 17.7 Å². The van der Waals surface area contributed by atoms with Gasteiger partial charge in [-0.1, -0.05) is 17.7 Å². The Labute approximate surface area is 123 Å². The van der Waals surface area contributed by atoms with Crippen LogP contribution >= 0.6 is 0 Å². The Morgan fingerprint density at radius 3 is 2.43 bits per heavy atom. The molecule has 3 amide bonds. The molecule has 1 aliphatic heterocycles. The second kappa shape index (κ2) is 5.73. The molecule has 1 atom stereocenters. The number of imide groups is 1. The molecule has 0 aliphatic carbocycles. The average Bonchev–Trinajstić information content (AvgIpc) is 2.60. The summed E-state index contributed by atoms with van der Waals surface area (Å²) in [5, 5.41) is 12.5. The lowest BCUT2D eigenvalue weighted by Gasteiger charge is -2.19. The molecule has 6 nitrogen and oxygen atoms in total. The van der Waals surface area contributed by atoms with Gasteiger partial charge in [-0.05, 0) is 32.9 Å². The van der Waals surface area contributed by atoms with Crippen molar-refractivity contribution >= 4 is 11.9 Å². The molecule has 1 aromatic carbocycles. The van der Waals surface area contributed by atoms with Crippen molar-refractivity contribution in [2.24, 2.45) is 0 Å². The van der Waals surface area contributed by atoms with E-state index in [4.69, 9.17) is 4.74 Å². The van der Waals surface area contributed by atoms with Crippen LogP contribution in [-0.4, -0.2) is 46.7 Å². The van der Waals surface area contributed by atoms with Crippen LogP contribution in [0.1, 0.15) is 19.4 Å². The number of amides is 3. The standard InChI is InChI=1S/C15H20N2O4/c1-10-4-6-12(7-5-10)21-9-11(18)8-17-13(19)15(2,3)16-14(17)20/h4-7,11,18H,8-9H2,1-3H3,(H,16,20)/t11-/m0/s1. The minimum absolute atomic E-state index is 0.0144. The summed E-state index contributed by atoms with van der Waals surface area (Å²) in [5.41, 5.74) is 0.193. The Morgan fingerprint density at radius 2 is 1.90 bits per heavy atom. The topological polar surface area (TPSA) is 78.9 Å². The van der Waals surface area contributed by atoms with Gasteiger partial charge in [0, 0.05) is 0 Å². The molecule has 1 aromatic rings. The first-order valence-corrected chi connectivity index (χ1v) is 6.81. The van der Waals surface area contributed by atoms with E-state index >= 15 is 0 Å². The summed E-state index contributed by atoms with van der Waals surface area (Å²) in [4.78, 5) is 24.7. The molecule has 1 fully saturated rings. The van der Waals surface area contributed by atoms with Gasteiger partial charge in [0.25, 0.3) is 5.91 Å². The van der Waals surface area contributed by atoms with Gasteiger partial charge in [-0.25, -0.2) is 4.79 Å². The fourth-order valence-electron chi connectivity index (χ4n) is 2.07. The third-order valence-electron chi connectivity index (χ3n) is 3.30. The number of aryl methyl sites for hydroxylation is 1. The predicted octanol–water partition coefficient (Wildman–Crippen LogP) is 1.07. The number of urea groups is 1. The highest BCUT2D eigenvalue weighted by molar-refractivity contribution is 6.06. The molecule has 21 heavy (non-hydrogen) atoms. The molecular formula is C15H20N2O4. The van der Waals surface area contributed by atoms with E-state index in [1.807, 2.05) is 19.1 Å². The molecule has 2 N–H and O–H groups in total. The monoisotopic (exact) mass is 292 g/mol. The third-order valence-corrected chi connectivity index (χ3v) is 3.30. The Bertz CT molecular complexity index is 539. The van der Waals surface area contributed by atoms with Crippen LogP contribution < -0.4 is 10.1 Å². The molecule has 1 aliphatic rings. The van der Waals surface area contributed by atoms with Crippen molar-refractivity contribution in [3.63, 3.8) is 0 Å². The molecular weight excluding hydrogens is 272 g/mol. The molecule has 0 spiro atoms. The zero-order chi connectivity index (χ0) is 15.6. The summed E-state index contributed by atoms with van der Waals surface area (Å²) in [7, 11) is 0. The zero-order valence-electron chi connectivity index (χ0n) is 12.4. The van der Waals surface area contributed by atoms with Crippen molar-refractivity contribution in [1.82, 2.24) is 10.2 Å². The molecule has 0 saturated carbocycles. The van der Waals surface area contributed by atoms with Gasteiger partial charge in [0.2, 0.25) is 0 Å². The average molecular weight is 292 g/mol. The molecule has 1 saturated heterocycles. The summed E-state index contributed by atoms with van der Waals surface area (Å²) < 4.78 is 5.44. The first-order chi connectivity index (χ1) is 9.79. The number of nitrogens with zero attached hydrogens (tertiary/aromatic N) is 1. The third kappa shape index (κ3) is 3.52. The van der Waals surface area contributed by atoms with Crippen LogP contribution in [0.4, 0.5) is 4.79 Å².